The highest BCUT2D eigenvalue weighted by Crippen LogP contribution is 2.15. The lowest BCUT2D eigenvalue weighted by Gasteiger charge is -2.12. The summed E-state index contributed by atoms with van der Waals surface area (Å²) < 4.78 is 10.7. The number of rotatable bonds is 5. The van der Waals surface area contributed by atoms with Crippen molar-refractivity contribution in [3.05, 3.63) is 54.1 Å². The van der Waals surface area contributed by atoms with Gasteiger partial charge in [0.25, 0.3) is 0 Å². The fraction of sp³-hybridized carbons (Fsp3) is 0.143. The van der Waals surface area contributed by atoms with Crippen molar-refractivity contribution in [2.75, 3.05) is 7.11 Å². The van der Waals surface area contributed by atoms with Gasteiger partial charge in [-0.15, -0.1) is 0 Å². The number of methoxy groups -OCH3 is 1. The summed E-state index contributed by atoms with van der Waals surface area (Å²) in [6.45, 7) is 0.244. The van der Waals surface area contributed by atoms with Crippen LogP contribution in [0.4, 0.5) is 0 Å². The third-order valence-corrected chi connectivity index (χ3v) is 2.77. The van der Waals surface area contributed by atoms with Gasteiger partial charge in [-0.1, -0.05) is 24.3 Å². The Hall–Kier alpha value is -1.98. The zero-order chi connectivity index (χ0) is 13.7. The van der Waals surface area contributed by atoms with Gasteiger partial charge in [0.1, 0.15) is 18.1 Å². The van der Waals surface area contributed by atoms with Crippen LogP contribution in [0.3, 0.4) is 0 Å². The normalized spacial score (nSPS) is 10.1. The number of ether oxygens (including phenoxy) is 2. The number of hydrogen-bond acceptors (Lipinski definition) is 4. The first kappa shape index (κ1) is 13.5. The average molecular weight is 258 g/mol. The first-order chi connectivity index (χ1) is 9.20. The summed E-state index contributed by atoms with van der Waals surface area (Å²) in [7, 11) is 0.0342. The second-order valence-corrected chi connectivity index (χ2v) is 4.04. The smallest absolute Gasteiger partial charge is 0.488 e. The molecular formula is C14H15BO4. The molecule has 0 bridgehead atoms. The van der Waals surface area contributed by atoms with Crippen LogP contribution in [0.15, 0.2) is 48.5 Å². The molecule has 0 aliphatic rings. The standard InChI is InChI=1S/C14H15BO4/c1-18-13-7-8-14(15(16)17)11(9-13)10-19-12-5-3-2-4-6-12/h2-9,16-17H,10H2,1H3. The second kappa shape index (κ2) is 6.27. The topological polar surface area (TPSA) is 58.9 Å². The van der Waals surface area contributed by atoms with E-state index in [4.69, 9.17) is 9.47 Å². The predicted octanol–water partition coefficient (Wildman–Crippen LogP) is 0.954. The Balaban J connectivity index is 2.18. The van der Waals surface area contributed by atoms with E-state index >= 15 is 0 Å². The van der Waals surface area contributed by atoms with Crippen molar-refractivity contribution in [1.29, 1.82) is 0 Å². The highest BCUT2D eigenvalue weighted by atomic mass is 16.5. The van der Waals surface area contributed by atoms with Gasteiger partial charge in [0, 0.05) is 0 Å². The maximum atomic E-state index is 9.32. The van der Waals surface area contributed by atoms with Gasteiger partial charge in [0.05, 0.1) is 7.11 Å². The van der Waals surface area contributed by atoms with Crippen LogP contribution in [-0.4, -0.2) is 24.3 Å². The van der Waals surface area contributed by atoms with E-state index in [1.807, 2.05) is 30.3 Å². The minimum Gasteiger partial charge on any atom is -0.497 e. The Kier molecular flexibility index (Phi) is 4.44. The first-order valence-corrected chi connectivity index (χ1v) is 5.91. The van der Waals surface area contributed by atoms with E-state index in [0.29, 0.717) is 16.8 Å². The number of benzene rings is 2. The zero-order valence-electron chi connectivity index (χ0n) is 10.6. The van der Waals surface area contributed by atoms with Gasteiger partial charge < -0.3 is 19.5 Å². The second-order valence-electron chi connectivity index (χ2n) is 4.04. The maximum absolute atomic E-state index is 9.32. The molecule has 4 nitrogen and oxygen atoms in total. The van der Waals surface area contributed by atoms with Crippen molar-refractivity contribution < 1.29 is 19.5 Å². The van der Waals surface area contributed by atoms with E-state index in [-0.39, 0.29) is 6.61 Å². The van der Waals surface area contributed by atoms with Gasteiger partial charge in [-0.05, 0) is 35.3 Å². The molecule has 5 heteroatoms. The molecule has 0 aromatic heterocycles. The summed E-state index contributed by atoms with van der Waals surface area (Å²) in [5.74, 6) is 1.37. The molecular weight excluding hydrogens is 243 g/mol. The van der Waals surface area contributed by atoms with Gasteiger partial charge in [-0.3, -0.25) is 0 Å². The van der Waals surface area contributed by atoms with Crippen LogP contribution in [-0.2, 0) is 6.61 Å². The summed E-state index contributed by atoms with van der Waals surface area (Å²) >= 11 is 0. The Labute approximate surface area is 112 Å². The fourth-order valence-electron chi connectivity index (χ4n) is 1.76. The molecule has 0 heterocycles. The van der Waals surface area contributed by atoms with Crippen molar-refractivity contribution in [3.8, 4) is 11.5 Å². The van der Waals surface area contributed by atoms with Gasteiger partial charge in [0.2, 0.25) is 0 Å². The lowest BCUT2D eigenvalue weighted by molar-refractivity contribution is 0.305. The van der Waals surface area contributed by atoms with Crippen LogP contribution >= 0.6 is 0 Å². The third kappa shape index (κ3) is 3.50. The average Bonchev–Trinajstić information content (AvgIpc) is 2.45. The van der Waals surface area contributed by atoms with E-state index in [1.165, 1.54) is 0 Å². The molecule has 0 saturated carbocycles. The van der Waals surface area contributed by atoms with Crippen LogP contribution in [0.25, 0.3) is 0 Å². The van der Waals surface area contributed by atoms with Crippen molar-refractivity contribution in [2.24, 2.45) is 0 Å². The van der Waals surface area contributed by atoms with Crippen molar-refractivity contribution >= 4 is 12.6 Å². The van der Waals surface area contributed by atoms with E-state index in [0.717, 1.165) is 5.75 Å². The van der Waals surface area contributed by atoms with Crippen LogP contribution in [0, 0.1) is 0 Å². The molecule has 0 spiro atoms. The third-order valence-electron chi connectivity index (χ3n) is 2.77. The quantitative estimate of drug-likeness (QED) is 0.784. The fourth-order valence-corrected chi connectivity index (χ4v) is 1.76. The summed E-state index contributed by atoms with van der Waals surface area (Å²) in [6, 6.07) is 14.4. The number of para-hydroxylation sites is 1. The Morgan fingerprint density at radius 2 is 1.74 bits per heavy atom. The van der Waals surface area contributed by atoms with Crippen molar-refractivity contribution in [3.63, 3.8) is 0 Å². The monoisotopic (exact) mass is 258 g/mol. The number of hydrogen-bond donors (Lipinski definition) is 2. The van der Waals surface area contributed by atoms with Gasteiger partial charge in [0.15, 0.2) is 0 Å². The molecule has 0 unspecified atom stereocenters. The van der Waals surface area contributed by atoms with Crippen LogP contribution in [0.1, 0.15) is 5.56 Å². The predicted molar refractivity (Wildman–Crippen MR) is 73.6 cm³/mol. The van der Waals surface area contributed by atoms with Crippen molar-refractivity contribution in [1.82, 2.24) is 0 Å². The molecule has 0 aliphatic heterocycles. The maximum Gasteiger partial charge on any atom is 0.488 e. The summed E-state index contributed by atoms with van der Waals surface area (Å²) in [5.41, 5.74) is 1.09. The summed E-state index contributed by atoms with van der Waals surface area (Å²) in [4.78, 5) is 0. The molecule has 2 aromatic carbocycles. The molecule has 19 heavy (non-hydrogen) atoms. The zero-order valence-corrected chi connectivity index (χ0v) is 10.6. The van der Waals surface area contributed by atoms with Gasteiger partial charge in [-0.2, -0.15) is 0 Å². The van der Waals surface area contributed by atoms with E-state index in [1.54, 1.807) is 25.3 Å². The summed E-state index contributed by atoms with van der Waals surface area (Å²) in [6.07, 6.45) is 0. The summed E-state index contributed by atoms with van der Waals surface area (Å²) in [5, 5.41) is 18.6. The minimum absolute atomic E-state index is 0.244. The molecule has 0 amide bonds. The van der Waals surface area contributed by atoms with E-state index in [2.05, 4.69) is 0 Å². The molecule has 0 fully saturated rings. The molecule has 0 saturated heterocycles. The molecule has 0 atom stereocenters. The van der Waals surface area contributed by atoms with E-state index in [9.17, 15) is 10.0 Å². The largest absolute Gasteiger partial charge is 0.497 e. The SMILES string of the molecule is COc1ccc(B(O)O)c(COc2ccccc2)c1. The Bertz CT molecular complexity index is 528. The van der Waals surface area contributed by atoms with Gasteiger partial charge >= 0.3 is 7.12 Å². The highest BCUT2D eigenvalue weighted by Gasteiger charge is 2.16. The molecule has 0 aliphatic carbocycles. The molecule has 0 radical (unpaired) electrons. The van der Waals surface area contributed by atoms with Crippen molar-refractivity contribution in [2.45, 2.75) is 6.61 Å². The highest BCUT2D eigenvalue weighted by molar-refractivity contribution is 6.59. The lowest BCUT2D eigenvalue weighted by Crippen LogP contribution is -2.33. The molecule has 2 aromatic rings. The van der Waals surface area contributed by atoms with Gasteiger partial charge in [-0.25, -0.2) is 0 Å². The van der Waals surface area contributed by atoms with Crippen LogP contribution < -0.4 is 14.9 Å². The molecule has 2 N–H and O–H groups in total. The lowest BCUT2D eigenvalue weighted by atomic mass is 9.77. The Morgan fingerprint density at radius 3 is 2.37 bits per heavy atom. The van der Waals surface area contributed by atoms with Crippen LogP contribution in [0.2, 0.25) is 0 Å². The van der Waals surface area contributed by atoms with Crippen LogP contribution in [0.5, 0.6) is 11.5 Å². The molecule has 2 rings (SSSR count). The van der Waals surface area contributed by atoms with E-state index < -0.39 is 7.12 Å². The minimum atomic E-state index is -1.53. The Morgan fingerprint density at radius 1 is 1.00 bits per heavy atom. The molecule has 98 valence electrons. The first-order valence-electron chi connectivity index (χ1n) is 5.91.